The first-order valence-corrected chi connectivity index (χ1v) is 11.8. The zero-order chi connectivity index (χ0) is 26.0. The zero-order valence-corrected chi connectivity index (χ0v) is 19.9. The molecule has 4 aromatic rings. The zero-order valence-electron chi connectivity index (χ0n) is 19.9. The number of anilines is 2. The maximum Gasteiger partial charge on any atom is 0.259 e. The normalized spacial score (nSPS) is 14.8. The predicted molar refractivity (Wildman–Crippen MR) is 136 cm³/mol. The second-order valence-electron chi connectivity index (χ2n) is 9.08. The van der Waals surface area contributed by atoms with Crippen LogP contribution in [0.1, 0.15) is 28.8 Å². The number of primary amides is 1. The van der Waals surface area contributed by atoms with E-state index in [0.29, 0.717) is 48.2 Å². The molecule has 0 saturated carbocycles. The monoisotopic (exact) mass is 497 g/mol. The summed E-state index contributed by atoms with van der Waals surface area (Å²) in [6.07, 6.45) is 5.48. The van der Waals surface area contributed by atoms with Gasteiger partial charge in [0.05, 0.1) is 40.1 Å². The van der Waals surface area contributed by atoms with E-state index in [-0.39, 0.29) is 12.1 Å². The Labute approximate surface area is 212 Å². The van der Waals surface area contributed by atoms with Crippen LogP contribution in [0.2, 0.25) is 0 Å². The summed E-state index contributed by atoms with van der Waals surface area (Å²) in [5, 5.41) is 17.4. The van der Waals surface area contributed by atoms with E-state index in [0.717, 1.165) is 5.56 Å². The van der Waals surface area contributed by atoms with Crippen molar-refractivity contribution >= 4 is 34.1 Å². The molecule has 0 bridgehead atoms. The Balaban J connectivity index is 1.49. The van der Waals surface area contributed by atoms with Crippen molar-refractivity contribution in [1.82, 2.24) is 14.8 Å². The molecule has 186 valence electrons. The van der Waals surface area contributed by atoms with Gasteiger partial charge in [-0.2, -0.15) is 10.4 Å². The molecule has 0 unspecified atom stereocenters. The van der Waals surface area contributed by atoms with E-state index in [2.05, 4.69) is 21.5 Å². The number of aromatic nitrogens is 3. The van der Waals surface area contributed by atoms with E-state index < -0.39 is 23.0 Å². The van der Waals surface area contributed by atoms with Gasteiger partial charge in [0.2, 0.25) is 5.91 Å². The number of amides is 2. The van der Waals surface area contributed by atoms with Crippen LogP contribution in [0.25, 0.3) is 10.9 Å². The fraction of sp³-hybridized carbons (Fsp3) is 0.222. The van der Waals surface area contributed by atoms with Gasteiger partial charge in [0.15, 0.2) is 0 Å². The van der Waals surface area contributed by atoms with Crippen LogP contribution in [0.4, 0.5) is 15.8 Å². The van der Waals surface area contributed by atoms with Gasteiger partial charge in [0.1, 0.15) is 12.4 Å². The Morgan fingerprint density at radius 1 is 1.14 bits per heavy atom. The van der Waals surface area contributed by atoms with E-state index in [1.807, 2.05) is 35.2 Å². The van der Waals surface area contributed by atoms with Crippen molar-refractivity contribution in [3.8, 4) is 6.07 Å². The number of nitrogens with zero attached hydrogens (tertiary/aromatic N) is 5. The lowest BCUT2D eigenvalue weighted by Gasteiger charge is -2.39. The number of benzene rings is 2. The smallest absolute Gasteiger partial charge is 0.259 e. The second kappa shape index (κ2) is 9.70. The van der Waals surface area contributed by atoms with Gasteiger partial charge in [0, 0.05) is 30.9 Å². The summed E-state index contributed by atoms with van der Waals surface area (Å²) in [5.41, 5.74) is 7.30. The highest BCUT2D eigenvalue weighted by atomic mass is 19.1. The molecule has 1 fully saturated rings. The fourth-order valence-electron chi connectivity index (χ4n) is 4.86. The Morgan fingerprint density at radius 3 is 2.59 bits per heavy atom. The maximum atomic E-state index is 14.3. The molecule has 0 aliphatic carbocycles. The fourth-order valence-corrected chi connectivity index (χ4v) is 4.86. The summed E-state index contributed by atoms with van der Waals surface area (Å²) in [6, 6.07) is 16.5. The van der Waals surface area contributed by atoms with Crippen LogP contribution in [0, 0.1) is 17.1 Å². The van der Waals surface area contributed by atoms with E-state index in [1.54, 1.807) is 6.07 Å². The Kier molecular flexibility index (Phi) is 6.27. The molecule has 0 atom stereocenters. The van der Waals surface area contributed by atoms with Crippen LogP contribution in [-0.2, 0) is 16.8 Å². The minimum atomic E-state index is -0.636. The molecule has 10 heteroatoms. The third kappa shape index (κ3) is 4.71. The van der Waals surface area contributed by atoms with Gasteiger partial charge in [-0.1, -0.05) is 30.3 Å². The van der Waals surface area contributed by atoms with Crippen molar-refractivity contribution in [3.05, 3.63) is 84.1 Å². The molecular formula is C27H24FN7O2. The van der Waals surface area contributed by atoms with Crippen LogP contribution in [0.5, 0.6) is 0 Å². The molecule has 37 heavy (non-hydrogen) atoms. The van der Waals surface area contributed by atoms with E-state index >= 15 is 0 Å². The summed E-state index contributed by atoms with van der Waals surface area (Å²) in [6.45, 7) is 0.873. The number of carbonyl (C=O) groups excluding carboxylic acids is 2. The average Bonchev–Trinajstić information content (AvgIpc) is 3.34. The highest BCUT2D eigenvalue weighted by Gasteiger charge is 2.37. The Bertz CT molecular complexity index is 1520. The summed E-state index contributed by atoms with van der Waals surface area (Å²) in [4.78, 5) is 31.0. The number of halogens is 1. The number of pyridine rings is 1. The molecule has 2 aromatic heterocycles. The van der Waals surface area contributed by atoms with Crippen LogP contribution in [0.3, 0.4) is 0 Å². The molecule has 0 radical (unpaired) electrons. The van der Waals surface area contributed by atoms with Gasteiger partial charge in [-0.25, -0.2) is 4.39 Å². The van der Waals surface area contributed by atoms with Crippen LogP contribution in [0.15, 0.2) is 67.1 Å². The summed E-state index contributed by atoms with van der Waals surface area (Å²) >= 11 is 0. The standard InChI is InChI=1S/C27H24FN7O2/c28-19-6-7-23-21(12-19)25(34-10-8-27(17-29,9-11-34)18-4-2-1-3-5-18)22(14-31-23)26(37)33-20-13-32-35(15-20)16-24(30)36/h1-7,12-15H,8-11,16H2,(H2,30,36)(H,33,37). The van der Waals surface area contributed by atoms with Crippen molar-refractivity contribution in [2.24, 2.45) is 5.73 Å². The van der Waals surface area contributed by atoms with Gasteiger partial charge in [-0.05, 0) is 36.6 Å². The topological polar surface area (TPSA) is 130 Å². The van der Waals surface area contributed by atoms with Gasteiger partial charge in [-0.3, -0.25) is 19.3 Å². The molecule has 0 spiro atoms. The number of piperidine rings is 1. The average molecular weight is 498 g/mol. The maximum absolute atomic E-state index is 14.3. The van der Waals surface area contributed by atoms with Crippen molar-refractivity contribution in [2.45, 2.75) is 24.8 Å². The molecule has 3 N–H and O–H groups in total. The summed E-state index contributed by atoms with van der Waals surface area (Å²) < 4.78 is 15.7. The predicted octanol–water partition coefficient (Wildman–Crippen LogP) is 3.37. The third-order valence-corrected chi connectivity index (χ3v) is 6.73. The van der Waals surface area contributed by atoms with Gasteiger partial charge < -0.3 is 16.0 Å². The lowest BCUT2D eigenvalue weighted by molar-refractivity contribution is -0.118. The van der Waals surface area contributed by atoms with Crippen molar-refractivity contribution in [2.75, 3.05) is 23.3 Å². The Morgan fingerprint density at radius 2 is 1.89 bits per heavy atom. The van der Waals surface area contributed by atoms with E-state index in [4.69, 9.17) is 5.73 Å². The van der Waals surface area contributed by atoms with Crippen molar-refractivity contribution in [1.29, 1.82) is 5.26 Å². The van der Waals surface area contributed by atoms with Crippen LogP contribution in [-0.4, -0.2) is 39.7 Å². The molecular weight excluding hydrogens is 473 g/mol. The summed E-state index contributed by atoms with van der Waals surface area (Å²) in [7, 11) is 0. The molecule has 9 nitrogen and oxygen atoms in total. The van der Waals surface area contributed by atoms with Crippen LogP contribution >= 0.6 is 0 Å². The molecule has 1 aliphatic rings. The number of nitriles is 1. The molecule has 2 aromatic carbocycles. The van der Waals surface area contributed by atoms with Gasteiger partial charge in [0.25, 0.3) is 5.91 Å². The number of nitrogens with one attached hydrogen (secondary N) is 1. The molecule has 1 saturated heterocycles. The molecule has 5 rings (SSSR count). The van der Waals surface area contributed by atoms with Crippen LogP contribution < -0.4 is 16.0 Å². The first kappa shape index (κ1) is 23.9. The number of rotatable bonds is 6. The summed E-state index contributed by atoms with van der Waals surface area (Å²) in [5.74, 6) is -1.45. The number of hydrogen-bond acceptors (Lipinski definition) is 6. The highest BCUT2D eigenvalue weighted by molar-refractivity contribution is 6.12. The molecule has 3 heterocycles. The second-order valence-corrected chi connectivity index (χ2v) is 9.08. The third-order valence-electron chi connectivity index (χ3n) is 6.73. The van der Waals surface area contributed by atoms with E-state index in [1.165, 1.54) is 35.4 Å². The van der Waals surface area contributed by atoms with E-state index in [9.17, 15) is 19.2 Å². The lowest BCUT2D eigenvalue weighted by atomic mass is 9.74. The quantitative estimate of drug-likeness (QED) is 0.420. The molecule has 2 amide bonds. The van der Waals surface area contributed by atoms with Gasteiger partial charge in [-0.15, -0.1) is 0 Å². The lowest BCUT2D eigenvalue weighted by Crippen LogP contribution is -2.42. The minimum absolute atomic E-state index is 0.117. The van der Waals surface area contributed by atoms with Gasteiger partial charge >= 0.3 is 0 Å². The SMILES string of the molecule is N#CC1(c2ccccc2)CCN(c2c(C(=O)Nc3cnn(CC(N)=O)c3)cnc3ccc(F)cc23)CC1. The molecule has 1 aliphatic heterocycles. The Hall–Kier alpha value is -4.78. The highest BCUT2D eigenvalue weighted by Crippen LogP contribution is 2.39. The number of carbonyl (C=O) groups is 2. The number of hydrogen-bond donors (Lipinski definition) is 2. The van der Waals surface area contributed by atoms with Crippen molar-refractivity contribution in [3.63, 3.8) is 0 Å². The first-order chi connectivity index (χ1) is 17.9. The number of nitrogens with two attached hydrogens (primary N) is 1. The van der Waals surface area contributed by atoms with Crippen molar-refractivity contribution < 1.29 is 14.0 Å². The number of fused-ring (bicyclic) bond motifs is 1. The minimum Gasteiger partial charge on any atom is -0.370 e. The first-order valence-electron chi connectivity index (χ1n) is 11.8. The largest absolute Gasteiger partial charge is 0.370 e.